The first-order chi connectivity index (χ1) is 17.4. The number of aliphatic hydroxyl groups is 2. The summed E-state index contributed by atoms with van der Waals surface area (Å²) in [5.41, 5.74) is 2.78. The van der Waals surface area contributed by atoms with Crippen LogP contribution in [-0.4, -0.2) is 75.3 Å². The molecule has 0 radical (unpaired) electrons. The zero-order valence-electron chi connectivity index (χ0n) is 22.2. The topological polar surface area (TPSA) is 97.7 Å². The number of methoxy groups -OCH3 is 3. The second-order valence-electron chi connectivity index (χ2n) is 8.82. The Kier molecular flexibility index (Phi) is 12.5. The van der Waals surface area contributed by atoms with Crippen LogP contribution < -0.4 is 14.2 Å². The van der Waals surface area contributed by atoms with Crippen molar-refractivity contribution in [2.75, 3.05) is 48.1 Å². The SMILES string of the molecule is CCCC(=O)OC(c1ccc(OC)cc1CCCN(C)CCc1ccc(OC)c(OC)c1)C(O)CO. The van der Waals surface area contributed by atoms with E-state index in [1.54, 1.807) is 33.5 Å². The quantitative estimate of drug-likeness (QED) is 0.336. The Morgan fingerprint density at radius 1 is 0.972 bits per heavy atom. The zero-order valence-corrected chi connectivity index (χ0v) is 22.2. The van der Waals surface area contributed by atoms with Crippen LogP contribution in [0.1, 0.15) is 49.0 Å². The van der Waals surface area contributed by atoms with Crippen molar-refractivity contribution in [2.45, 2.75) is 51.2 Å². The summed E-state index contributed by atoms with van der Waals surface area (Å²) in [4.78, 5) is 14.5. The summed E-state index contributed by atoms with van der Waals surface area (Å²) >= 11 is 0. The molecule has 0 saturated carbocycles. The lowest BCUT2D eigenvalue weighted by atomic mass is 9.95. The van der Waals surface area contributed by atoms with Crippen molar-refractivity contribution in [1.82, 2.24) is 4.90 Å². The maximum atomic E-state index is 12.2. The molecular formula is C28H41NO7. The standard InChI is InChI=1S/C28H41NO7/c1-6-8-27(32)36-28(24(31)19-30)23-12-11-22(33-3)18-21(23)9-7-15-29(2)16-14-20-10-13-25(34-4)26(17-20)35-5/h10-13,17-18,24,28,30-31H,6-9,14-16,19H2,1-5H3. The number of benzene rings is 2. The predicted octanol–water partition coefficient (Wildman–Crippen LogP) is 3.56. The molecule has 2 aromatic carbocycles. The molecule has 0 aliphatic heterocycles. The third-order valence-electron chi connectivity index (χ3n) is 6.12. The summed E-state index contributed by atoms with van der Waals surface area (Å²) in [6, 6.07) is 11.5. The van der Waals surface area contributed by atoms with Gasteiger partial charge < -0.3 is 34.1 Å². The molecule has 200 valence electrons. The Balaban J connectivity index is 2.04. The van der Waals surface area contributed by atoms with Crippen LogP contribution in [0.25, 0.3) is 0 Å². The number of aryl methyl sites for hydroxylation is 1. The molecule has 2 aromatic rings. The van der Waals surface area contributed by atoms with Crippen LogP contribution in [0.5, 0.6) is 17.2 Å². The van der Waals surface area contributed by atoms with Crippen LogP contribution in [-0.2, 0) is 22.4 Å². The third-order valence-corrected chi connectivity index (χ3v) is 6.12. The monoisotopic (exact) mass is 503 g/mol. The van der Waals surface area contributed by atoms with Gasteiger partial charge in [0.05, 0.1) is 27.9 Å². The highest BCUT2D eigenvalue weighted by atomic mass is 16.6. The van der Waals surface area contributed by atoms with Gasteiger partial charge in [0.15, 0.2) is 17.6 Å². The Hall–Kier alpha value is -2.81. The lowest BCUT2D eigenvalue weighted by molar-refractivity contribution is -0.157. The molecule has 36 heavy (non-hydrogen) atoms. The first kappa shape index (κ1) is 29.4. The Labute approximate surface area is 214 Å². The highest BCUT2D eigenvalue weighted by Crippen LogP contribution is 2.30. The molecule has 0 bridgehead atoms. The lowest BCUT2D eigenvalue weighted by Gasteiger charge is -2.25. The minimum atomic E-state index is -1.21. The normalized spacial score (nSPS) is 12.8. The van der Waals surface area contributed by atoms with E-state index in [9.17, 15) is 15.0 Å². The van der Waals surface area contributed by atoms with Crippen LogP contribution in [0.15, 0.2) is 36.4 Å². The molecule has 0 saturated heterocycles. The van der Waals surface area contributed by atoms with E-state index in [1.807, 2.05) is 31.2 Å². The molecule has 2 N–H and O–H groups in total. The zero-order chi connectivity index (χ0) is 26.5. The molecule has 2 rings (SSSR count). The fourth-order valence-corrected chi connectivity index (χ4v) is 4.06. The maximum absolute atomic E-state index is 12.2. The van der Waals surface area contributed by atoms with Crippen molar-refractivity contribution in [3.8, 4) is 17.2 Å². The van der Waals surface area contributed by atoms with E-state index in [1.165, 1.54) is 5.56 Å². The summed E-state index contributed by atoms with van der Waals surface area (Å²) in [5.74, 6) is 1.73. The van der Waals surface area contributed by atoms with Gasteiger partial charge >= 0.3 is 5.97 Å². The van der Waals surface area contributed by atoms with Gasteiger partial charge in [0.1, 0.15) is 11.9 Å². The molecule has 0 fully saturated rings. The number of nitrogens with zero attached hydrogens (tertiary/aromatic N) is 1. The van der Waals surface area contributed by atoms with E-state index in [0.717, 1.165) is 37.2 Å². The third kappa shape index (κ3) is 8.69. The summed E-state index contributed by atoms with van der Waals surface area (Å²) < 4.78 is 21.7. The lowest BCUT2D eigenvalue weighted by Crippen LogP contribution is -2.28. The average molecular weight is 504 g/mol. The number of likely N-dealkylation sites (N-methyl/N-ethyl adjacent to an activating group) is 1. The van der Waals surface area contributed by atoms with Crippen LogP contribution in [0.3, 0.4) is 0 Å². The minimum Gasteiger partial charge on any atom is -0.497 e. The maximum Gasteiger partial charge on any atom is 0.306 e. The highest BCUT2D eigenvalue weighted by Gasteiger charge is 2.27. The number of aliphatic hydroxyl groups excluding tert-OH is 2. The van der Waals surface area contributed by atoms with Gasteiger partial charge in [-0.1, -0.05) is 19.1 Å². The van der Waals surface area contributed by atoms with Gasteiger partial charge in [-0.15, -0.1) is 0 Å². The molecule has 0 amide bonds. The second kappa shape index (κ2) is 15.3. The van der Waals surface area contributed by atoms with Gasteiger partial charge in [-0.2, -0.15) is 0 Å². The van der Waals surface area contributed by atoms with Gasteiger partial charge in [-0.3, -0.25) is 4.79 Å². The fourth-order valence-electron chi connectivity index (χ4n) is 4.06. The van der Waals surface area contributed by atoms with E-state index >= 15 is 0 Å². The summed E-state index contributed by atoms with van der Waals surface area (Å²) in [6.07, 6.45) is 1.19. The number of esters is 1. The van der Waals surface area contributed by atoms with Crippen molar-refractivity contribution in [3.63, 3.8) is 0 Å². The van der Waals surface area contributed by atoms with E-state index in [2.05, 4.69) is 11.9 Å². The van der Waals surface area contributed by atoms with Gasteiger partial charge in [-0.05, 0) is 80.2 Å². The van der Waals surface area contributed by atoms with Crippen molar-refractivity contribution in [2.24, 2.45) is 0 Å². The molecule has 2 unspecified atom stereocenters. The van der Waals surface area contributed by atoms with Gasteiger partial charge in [0.2, 0.25) is 0 Å². The molecule has 8 heteroatoms. The Morgan fingerprint density at radius 3 is 2.36 bits per heavy atom. The van der Waals surface area contributed by atoms with Crippen molar-refractivity contribution in [1.29, 1.82) is 0 Å². The second-order valence-corrected chi connectivity index (χ2v) is 8.82. The average Bonchev–Trinajstić information content (AvgIpc) is 2.90. The number of hydrogen-bond acceptors (Lipinski definition) is 8. The molecule has 8 nitrogen and oxygen atoms in total. The van der Waals surface area contributed by atoms with E-state index < -0.39 is 24.8 Å². The van der Waals surface area contributed by atoms with Crippen molar-refractivity contribution < 1.29 is 34.0 Å². The number of rotatable bonds is 16. The van der Waals surface area contributed by atoms with Crippen molar-refractivity contribution >= 4 is 5.97 Å². The van der Waals surface area contributed by atoms with Crippen molar-refractivity contribution in [3.05, 3.63) is 53.1 Å². The number of ether oxygens (including phenoxy) is 4. The van der Waals surface area contributed by atoms with Crippen LogP contribution in [0.2, 0.25) is 0 Å². The Morgan fingerprint density at radius 2 is 1.72 bits per heavy atom. The van der Waals surface area contributed by atoms with E-state index in [4.69, 9.17) is 18.9 Å². The van der Waals surface area contributed by atoms with Crippen LogP contribution in [0.4, 0.5) is 0 Å². The Bertz CT molecular complexity index is 949. The minimum absolute atomic E-state index is 0.255. The summed E-state index contributed by atoms with van der Waals surface area (Å²) in [7, 11) is 6.94. The molecule has 0 aliphatic rings. The molecule has 2 atom stereocenters. The highest BCUT2D eigenvalue weighted by molar-refractivity contribution is 5.69. The fraction of sp³-hybridized carbons (Fsp3) is 0.536. The molecule has 0 aliphatic carbocycles. The molecule has 0 heterocycles. The molecule has 0 spiro atoms. The molecular weight excluding hydrogens is 462 g/mol. The van der Waals surface area contributed by atoms with Crippen LogP contribution >= 0.6 is 0 Å². The van der Waals surface area contributed by atoms with Gasteiger partial charge in [0.25, 0.3) is 0 Å². The smallest absolute Gasteiger partial charge is 0.306 e. The first-order valence-corrected chi connectivity index (χ1v) is 12.4. The predicted molar refractivity (Wildman–Crippen MR) is 139 cm³/mol. The van der Waals surface area contributed by atoms with Gasteiger partial charge in [-0.25, -0.2) is 0 Å². The number of carbonyl (C=O) groups is 1. The number of carbonyl (C=O) groups excluding carboxylic acids is 1. The summed E-state index contributed by atoms with van der Waals surface area (Å²) in [6.45, 7) is 3.11. The number of hydrogen-bond donors (Lipinski definition) is 2. The van der Waals surface area contributed by atoms with Gasteiger partial charge in [0, 0.05) is 13.0 Å². The summed E-state index contributed by atoms with van der Waals surface area (Å²) in [5, 5.41) is 20.0. The molecule has 0 aromatic heterocycles. The van der Waals surface area contributed by atoms with E-state index in [-0.39, 0.29) is 6.42 Å². The van der Waals surface area contributed by atoms with Crippen LogP contribution in [0, 0.1) is 0 Å². The largest absolute Gasteiger partial charge is 0.497 e. The first-order valence-electron chi connectivity index (χ1n) is 12.4. The van der Waals surface area contributed by atoms with E-state index in [0.29, 0.717) is 29.9 Å².